The number of aromatic nitrogens is 1. The van der Waals surface area contributed by atoms with Crippen LogP contribution in [0.1, 0.15) is 37.8 Å². The largest absolute Gasteiger partial charge is 0.381 e. The van der Waals surface area contributed by atoms with E-state index in [-0.39, 0.29) is 24.0 Å². The van der Waals surface area contributed by atoms with Crippen molar-refractivity contribution in [2.24, 2.45) is 10.9 Å². The highest BCUT2D eigenvalue weighted by Crippen LogP contribution is 2.18. The van der Waals surface area contributed by atoms with Gasteiger partial charge in [0.25, 0.3) is 0 Å². The van der Waals surface area contributed by atoms with Crippen LogP contribution < -0.4 is 15.5 Å². The second-order valence-electron chi connectivity index (χ2n) is 8.03. The number of pyridine rings is 1. The van der Waals surface area contributed by atoms with Gasteiger partial charge in [0, 0.05) is 64.8 Å². The molecule has 30 heavy (non-hydrogen) atoms. The second-order valence-corrected chi connectivity index (χ2v) is 8.03. The third kappa shape index (κ3) is 8.55. The van der Waals surface area contributed by atoms with Crippen LogP contribution in [0.5, 0.6) is 0 Å². The zero-order valence-corrected chi connectivity index (χ0v) is 20.8. The molecule has 0 spiro atoms. The van der Waals surface area contributed by atoms with Gasteiger partial charge < -0.3 is 25.0 Å². The first-order chi connectivity index (χ1) is 14.2. The third-order valence-corrected chi connectivity index (χ3v) is 5.71. The number of aliphatic imine (C=N–C) groups is 1. The fourth-order valence-electron chi connectivity index (χ4n) is 3.89. The van der Waals surface area contributed by atoms with Crippen molar-refractivity contribution in [3.8, 4) is 0 Å². The predicted molar refractivity (Wildman–Crippen MR) is 133 cm³/mol. The van der Waals surface area contributed by atoms with E-state index >= 15 is 0 Å². The molecular formula is C22H38IN5O2. The minimum atomic E-state index is 0. The molecule has 0 aliphatic carbocycles. The lowest BCUT2D eigenvalue weighted by atomic mass is 10.0. The van der Waals surface area contributed by atoms with Crippen LogP contribution in [0.2, 0.25) is 0 Å². The minimum absolute atomic E-state index is 0. The zero-order valence-electron chi connectivity index (χ0n) is 18.4. The Labute approximate surface area is 198 Å². The summed E-state index contributed by atoms with van der Waals surface area (Å²) in [4.78, 5) is 11.4. The Kier molecular flexibility index (Phi) is 11.8. The molecule has 0 saturated carbocycles. The molecule has 2 aliphatic heterocycles. The molecule has 0 atom stereocenters. The van der Waals surface area contributed by atoms with Crippen molar-refractivity contribution < 1.29 is 9.47 Å². The maximum absolute atomic E-state index is 5.83. The first-order valence-corrected chi connectivity index (χ1v) is 11.1. The number of nitrogens with zero attached hydrogens (tertiary/aromatic N) is 3. The van der Waals surface area contributed by atoms with Gasteiger partial charge in [-0.25, -0.2) is 4.98 Å². The van der Waals surface area contributed by atoms with Crippen molar-refractivity contribution in [3.05, 3.63) is 23.9 Å². The Hall–Kier alpha value is -1.13. The topological polar surface area (TPSA) is 71.0 Å². The summed E-state index contributed by atoms with van der Waals surface area (Å²) in [5, 5.41) is 6.99. The molecular weight excluding hydrogens is 493 g/mol. The van der Waals surface area contributed by atoms with E-state index in [1.807, 2.05) is 20.0 Å². The van der Waals surface area contributed by atoms with E-state index in [0.717, 1.165) is 95.6 Å². The van der Waals surface area contributed by atoms with Crippen LogP contribution in [0.4, 0.5) is 5.82 Å². The molecule has 0 radical (unpaired) electrons. The number of hydrogen-bond donors (Lipinski definition) is 2. The normalized spacial score (nSPS) is 18.7. The van der Waals surface area contributed by atoms with Gasteiger partial charge >= 0.3 is 0 Å². The van der Waals surface area contributed by atoms with E-state index in [1.165, 1.54) is 0 Å². The molecule has 3 rings (SSSR count). The number of halogens is 1. The molecule has 0 aromatic carbocycles. The number of aryl methyl sites for hydroxylation is 1. The van der Waals surface area contributed by atoms with E-state index in [1.54, 1.807) is 0 Å². The zero-order chi connectivity index (χ0) is 20.3. The van der Waals surface area contributed by atoms with Gasteiger partial charge in [0.05, 0.1) is 0 Å². The van der Waals surface area contributed by atoms with Gasteiger partial charge in [-0.15, -0.1) is 24.0 Å². The van der Waals surface area contributed by atoms with Crippen molar-refractivity contribution >= 4 is 35.8 Å². The number of ether oxygens (including phenoxy) is 2. The smallest absolute Gasteiger partial charge is 0.191 e. The molecule has 0 amide bonds. The Morgan fingerprint density at radius 1 is 1.23 bits per heavy atom. The quantitative estimate of drug-likeness (QED) is 0.233. The molecule has 1 aromatic heterocycles. The maximum Gasteiger partial charge on any atom is 0.191 e. The molecule has 3 heterocycles. The number of nitrogens with one attached hydrogen (secondary N) is 2. The lowest BCUT2D eigenvalue weighted by molar-refractivity contribution is 0.0203. The predicted octanol–water partition coefficient (Wildman–Crippen LogP) is 2.98. The van der Waals surface area contributed by atoms with Crippen LogP contribution in [0.3, 0.4) is 0 Å². The highest BCUT2D eigenvalue weighted by Gasteiger charge is 2.21. The fraction of sp³-hybridized carbons (Fsp3) is 0.727. The third-order valence-electron chi connectivity index (χ3n) is 5.71. The van der Waals surface area contributed by atoms with Gasteiger partial charge in [0.1, 0.15) is 5.82 Å². The van der Waals surface area contributed by atoms with Crippen molar-refractivity contribution in [1.29, 1.82) is 0 Å². The maximum atomic E-state index is 5.83. The standard InChI is InChI=1S/C22H37N5O2.HI/c1-18-5-3-6-21(25-18)27-12-7-20(8-13-27)26-22(23-2)24-11-4-14-29-17-19-9-15-28-16-10-19;/h3,5-6,19-20H,4,7-17H2,1-2H3,(H2,23,24,26);1H. The van der Waals surface area contributed by atoms with Crippen LogP contribution in [-0.4, -0.2) is 70.1 Å². The SMILES string of the molecule is CN=C(NCCCOCC1CCOCC1)NC1CCN(c2cccc(C)n2)CC1.I. The molecule has 170 valence electrons. The van der Waals surface area contributed by atoms with Crippen LogP contribution in [-0.2, 0) is 9.47 Å². The van der Waals surface area contributed by atoms with Gasteiger partial charge in [-0.1, -0.05) is 6.07 Å². The van der Waals surface area contributed by atoms with Crippen LogP contribution in [0.25, 0.3) is 0 Å². The van der Waals surface area contributed by atoms with E-state index in [0.29, 0.717) is 12.0 Å². The molecule has 2 aliphatic rings. The number of anilines is 1. The Bertz CT molecular complexity index is 632. The molecule has 2 saturated heterocycles. The number of rotatable bonds is 8. The minimum Gasteiger partial charge on any atom is -0.381 e. The summed E-state index contributed by atoms with van der Waals surface area (Å²) in [5.74, 6) is 2.65. The van der Waals surface area contributed by atoms with Gasteiger partial charge in [0.15, 0.2) is 5.96 Å². The van der Waals surface area contributed by atoms with Crippen LogP contribution >= 0.6 is 24.0 Å². The molecule has 0 unspecified atom stereocenters. The Morgan fingerprint density at radius 2 is 2.00 bits per heavy atom. The van der Waals surface area contributed by atoms with Crippen molar-refractivity contribution in [2.45, 2.75) is 45.1 Å². The second kappa shape index (κ2) is 14.0. The van der Waals surface area contributed by atoms with Gasteiger partial charge in [-0.05, 0) is 57.1 Å². The average molecular weight is 531 g/mol. The molecule has 2 fully saturated rings. The summed E-state index contributed by atoms with van der Waals surface area (Å²) >= 11 is 0. The Morgan fingerprint density at radius 3 is 2.70 bits per heavy atom. The first-order valence-electron chi connectivity index (χ1n) is 11.1. The summed E-state index contributed by atoms with van der Waals surface area (Å²) < 4.78 is 11.2. The van der Waals surface area contributed by atoms with Crippen LogP contribution in [0, 0.1) is 12.8 Å². The monoisotopic (exact) mass is 531 g/mol. The summed E-state index contributed by atoms with van der Waals surface area (Å²) in [6.45, 7) is 8.39. The highest BCUT2D eigenvalue weighted by atomic mass is 127. The van der Waals surface area contributed by atoms with Gasteiger partial charge in [-0.2, -0.15) is 0 Å². The molecule has 0 bridgehead atoms. The molecule has 1 aromatic rings. The Balaban J connectivity index is 0.00000320. The number of piperidine rings is 1. The number of guanidine groups is 1. The van der Waals surface area contributed by atoms with Gasteiger partial charge in [0.2, 0.25) is 0 Å². The summed E-state index contributed by atoms with van der Waals surface area (Å²) in [7, 11) is 1.84. The van der Waals surface area contributed by atoms with Crippen LogP contribution in [0.15, 0.2) is 23.2 Å². The first kappa shape index (κ1) is 25.1. The van der Waals surface area contributed by atoms with Crippen molar-refractivity contribution in [2.75, 3.05) is 58.0 Å². The summed E-state index contributed by atoms with van der Waals surface area (Å²) in [6.07, 6.45) is 5.43. The van der Waals surface area contributed by atoms with E-state index < -0.39 is 0 Å². The summed E-state index contributed by atoms with van der Waals surface area (Å²) in [5.41, 5.74) is 1.07. The van der Waals surface area contributed by atoms with Gasteiger partial charge in [-0.3, -0.25) is 4.99 Å². The summed E-state index contributed by atoms with van der Waals surface area (Å²) in [6, 6.07) is 6.68. The average Bonchev–Trinajstić information content (AvgIpc) is 2.76. The molecule has 8 heteroatoms. The van der Waals surface area contributed by atoms with E-state index in [2.05, 4.69) is 37.6 Å². The lowest BCUT2D eigenvalue weighted by Gasteiger charge is -2.34. The molecule has 2 N–H and O–H groups in total. The lowest BCUT2D eigenvalue weighted by Crippen LogP contribution is -2.49. The van der Waals surface area contributed by atoms with E-state index in [4.69, 9.17) is 9.47 Å². The number of hydrogen-bond acceptors (Lipinski definition) is 5. The fourth-order valence-corrected chi connectivity index (χ4v) is 3.89. The molecule has 7 nitrogen and oxygen atoms in total. The van der Waals surface area contributed by atoms with Crippen molar-refractivity contribution in [1.82, 2.24) is 15.6 Å². The highest BCUT2D eigenvalue weighted by molar-refractivity contribution is 14.0. The van der Waals surface area contributed by atoms with Crippen molar-refractivity contribution in [3.63, 3.8) is 0 Å². The van der Waals surface area contributed by atoms with E-state index in [9.17, 15) is 0 Å².